The summed E-state index contributed by atoms with van der Waals surface area (Å²) in [4.78, 5) is 14.6. The lowest BCUT2D eigenvalue weighted by Crippen LogP contribution is -2.45. The predicted octanol–water partition coefficient (Wildman–Crippen LogP) is 1.32. The van der Waals surface area contributed by atoms with Crippen molar-refractivity contribution < 1.29 is 13.2 Å². The van der Waals surface area contributed by atoms with Gasteiger partial charge in [-0.3, -0.25) is 4.79 Å². The number of carbonyl (C=O) groups is 1. The van der Waals surface area contributed by atoms with Gasteiger partial charge in [-0.2, -0.15) is 0 Å². The van der Waals surface area contributed by atoms with Gasteiger partial charge in [-0.15, -0.1) is 0 Å². The maximum absolute atomic E-state index is 12.6. The van der Waals surface area contributed by atoms with Gasteiger partial charge in [0.1, 0.15) is 0 Å². The summed E-state index contributed by atoms with van der Waals surface area (Å²) in [5, 5.41) is 0. The lowest BCUT2D eigenvalue weighted by Gasteiger charge is -2.36. The lowest BCUT2D eigenvalue weighted by atomic mass is 9.90. The van der Waals surface area contributed by atoms with Crippen molar-refractivity contribution in [1.29, 1.82) is 0 Å². The minimum atomic E-state index is -2.90. The minimum Gasteiger partial charge on any atom is -0.340 e. The number of carbonyl (C=O) groups excluding carboxylic acids is 1. The van der Waals surface area contributed by atoms with E-state index in [1.54, 1.807) is 0 Å². The van der Waals surface area contributed by atoms with Crippen molar-refractivity contribution in [2.45, 2.75) is 64.0 Å². The Morgan fingerprint density at radius 1 is 1.19 bits per heavy atom. The van der Waals surface area contributed by atoms with E-state index in [2.05, 4.69) is 6.92 Å². The third kappa shape index (κ3) is 4.68. The molecule has 1 aliphatic heterocycles. The minimum absolute atomic E-state index is 0.0210. The highest BCUT2D eigenvalue weighted by Crippen LogP contribution is 2.26. The normalized spacial score (nSPS) is 32.0. The summed E-state index contributed by atoms with van der Waals surface area (Å²) in [6.07, 6.45) is 5.90. The van der Waals surface area contributed by atoms with E-state index in [1.807, 2.05) is 4.90 Å². The maximum atomic E-state index is 12.6. The Labute approximate surface area is 128 Å². The molecule has 1 saturated heterocycles. The third-order valence-corrected chi connectivity index (χ3v) is 6.59. The van der Waals surface area contributed by atoms with Gasteiger partial charge in [0.2, 0.25) is 5.91 Å². The zero-order valence-electron chi connectivity index (χ0n) is 13.0. The summed E-state index contributed by atoms with van der Waals surface area (Å²) >= 11 is 0. The van der Waals surface area contributed by atoms with Gasteiger partial charge in [-0.25, -0.2) is 8.42 Å². The zero-order valence-corrected chi connectivity index (χ0v) is 13.8. The van der Waals surface area contributed by atoms with Crippen LogP contribution in [-0.2, 0) is 14.6 Å². The summed E-state index contributed by atoms with van der Waals surface area (Å²) in [5.74, 6) is 0.595. The number of hydrogen-bond acceptors (Lipinski definition) is 4. The summed E-state index contributed by atoms with van der Waals surface area (Å²) in [6.45, 7) is 2.85. The molecule has 6 heteroatoms. The van der Waals surface area contributed by atoms with Crippen LogP contribution in [0.25, 0.3) is 0 Å². The molecule has 1 atom stereocenters. The van der Waals surface area contributed by atoms with Gasteiger partial charge in [0.15, 0.2) is 9.84 Å². The molecule has 122 valence electrons. The van der Waals surface area contributed by atoms with Gasteiger partial charge in [0, 0.05) is 25.0 Å². The van der Waals surface area contributed by atoms with Crippen molar-refractivity contribution in [3.05, 3.63) is 0 Å². The second-order valence-corrected chi connectivity index (χ2v) is 8.86. The molecule has 1 saturated carbocycles. The van der Waals surface area contributed by atoms with Crippen LogP contribution >= 0.6 is 0 Å². The molecule has 2 rings (SSSR count). The maximum Gasteiger partial charge on any atom is 0.223 e. The zero-order chi connectivity index (χ0) is 15.5. The SMILES string of the molecule is CCCN(C(=O)CC1CCS(=O)(=O)C1)C1CCC(N)CC1. The number of rotatable bonds is 5. The van der Waals surface area contributed by atoms with Gasteiger partial charge in [-0.05, 0) is 44.4 Å². The molecule has 21 heavy (non-hydrogen) atoms. The second kappa shape index (κ2) is 7.09. The molecule has 0 aromatic heterocycles. The average molecular weight is 316 g/mol. The fraction of sp³-hybridized carbons (Fsp3) is 0.933. The molecular weight excluding hydrogens is 288 g/mol. The van der Waals surface area contributed by atoms with Crippen molar-refractivity contribution in [3.8, 4) is 0 Å². The standard InChI is InChI=1S/C15H28N2O3S/c1-2-8-17(14-5-3-13(16)4-6-14)15(18)10-12-7-9-21(19,20)11-12/h12-14H,2-11,16H2,1H3. The van der Waals surface area contributed by atoms with Crippen LogP contribution in [0.15, 0.2) is 0 Å². The average Bonchev–Trinajstić information content (AvgIpc) is 2.76. The molecule has 5 nitrogen and oxygen atoms in total. The van der Waals surface area contributed by atoms with Gasteiger partial charge in [0.25, 0.3) is 0 Å². The van der Waals surface area contributed by atoms with Crippen LogP contribution in [0.2, 0.25) is 0 Å². The van der Waals surface area contributed by atoms with E-state index in [-0.39, 0.29) is 29.4 Å². The Morgan fingerprint density at radius 2 is 1.86 bits per heavy atom. The summed E-state index contributed by atoms with van der Waals surface area (Å²) in [6, 6.07) is 0.579. The van der Waals surface area contributed by atoms with Crippen molar-refractivity contribution >= 4 is 15.7 Å². The Bertz CT molecular complexity index is 456. The first-order valence-corrected chi connectivity index (χ1v) is 9.99. The molecular formula is C15H28N2O3S. The van der Waals surface area contributed by atoms with E-state index in [9.17, 15) is 13.2 Å². The van der Waals surface area contributed by atoms with Crippen LogP contribution in [-0.4, -0.2) is 49.4 Å². The van der Waals surface area contributed by atoms with Gasteiger partial charge >= 0.3 is 0 Å². The predicted molar refractivity (Wildman–Crippen MR) is 83.6 cm³/mol. The second-order valence-electron chi connectivity index (χ2n) is 6.63. The highest BCUT2D eigenvalue weighted by Gasteiger charge is 2.33. The molecule has 0 radical (unpaired) electrons. The van der Waals surface area contributed by atoms with Crippen LogP contribution in [0.1, 0.15) is 51.9 Å². The van der Waals surface area contributed by atoms with Crippen LogP contribution < -0.4 is 5.73 Å². The number of hydrogen-bond donors (Lipinski definition) is 1. The van der Waals surface area contributed by atoms with Crippen molar-refractivity contribution in [3.63, 3.8) is 0 Å². The third-order valence-electron chi connectivity index (χ3n) is 4.76. The summed E-state index contributed by atoms with van der Waals surface area (Å²) in [5.41, 5.74) is 5.94. The fourth-order valence-corrected chi connectivity index (χ4v) is 5.42. The quantitative estimate of drug-likeness (QED) is 0.829. The van der Waals surface area contributed by atoms with Crippen molar-refractivity contribution in [2.75, 3.05) is 18.1 Å². The number of nitrogens with zero attached hydrogens (tertiary/aromatic N) is 1. The van der Waals surface area contributed by atoms with E-state index >= 15 is 0 Å². The van der Waals surface area contributed by atoms with Crippen molar-refractivity contribution in [1.82, 2.24) is 4.90 Å². The molecule has 2 aliphatic rings. The lowest BCUT2D eigenvalue weighted by molar-refractivity contribution is -0.135. The highest BCUT2D eigenvalue weighted by molar-refractivity contribution is 7.91. The topological polar surface area (TPSA) is 80.5 Å². The van der Waals surface area contributed by atoms with Gasteiger partial charge in [-0.1, -0.05) is 6.92 Å². The van der Waals surface area contributed by atoms with E-state index in [4.69, 9.17) is 5.73 Å². The molecule has 0 aromatic carbocycles. The fourth-order valence-electron chi connectivity index (χ4n) is 3.56. The van der Waals surface area contributed by atoms with E-state index in [0.29, 0.717) is 18.9 Å². The van der Waals surface area contributed by atoms with E-state index in [0.717, 1.165) is 38.6 Å². The van der Waals surface area contributed by atoms with Crippen molar-refractivity contribution in [2.24, 2.45) is 11.7 Å². The van der Waals surface area contributed by atoms with E-state index < -0.39 is 9.84 Å². The monoisotopic (exact) mass is 316 g/mol. The molecule has 0 spiro atoms. The first-order valence-electron chi connectivity index (χ1n) is 8.16. The Morgan fingerprint density at radius 3 is 2.38 bits per heavy atom. The van der Waals surface area contributed by atoms with Crippen LogP contribution in [0.4, 0.5) is 0 Å². The summed E-state index contributed by atoms with van der Waals surface area (Å²) in [7, 11) is -2.90. The van der Waals surface area contributed by atoms with Gasteiger partial charge in [0.05, 0.1) is 11.5 Å². The Balaban J connectivity index is 1.92. The molecule has 1 aliphatic carbocycles. The smallest absolute Gasteiger partial charge is 0.223 e. The molecule has 0 aromatic rings. The molecule has 1 heterocycles. The van der Waals surface area contributed by atoms with Crippen LogP contribution in [0.5, 0.6) is 0 Å². The largest absolute Gasteiger partial charge is 0.340 e. The Kier molecular flexibility index (Phi) is 5.66. The molecule has 2 fully saturated rings. The first kappa shape index (κ1) is 16.7. The molecule has 1 amide bonds. The van der Waals surface area contributed by atoms with Gasteiger partial charge < -0.3 is 10.6 Å². The van der Waals surface area contributed by atoms with Crippen LogP contribution in [0.3, 0.4) is 0 Å². The summed E-state index contributed by atoms with van der Waals surface area (Å²) < 4.78 is 23.0. The Hall–Kier alpha value is -0.620. The van der Waals surface area contributed by atoms with E-state index in [1.165, 1.54) is 0 Å². The number of nitrogens with two attached hydrogens (primary N) is 1. The molecule has 2 N–H and O–H groups in total. The highest BCUT2D eigenvalue weighted by atomic mass is 32.2. The molecule has 0 bridgehead atoms. The number of sulfone groups is 1. The first-order chi connectivity index (χ1) is 9.91. The van der Waals surface area contributed by atoms with Crippen LogP contribution in [0, 0.1) is 5.92 Å². The molecule has 1 unspecified atom stereocenters. The number of amides is 1.